The van der Waals surface area contributed by atoms with Crippen LogP contribution in [0.2, 0.25) is 0 Å². The number of allylic oxidation sites excluding steroid dienone is 2. The van der Waals surface area contributed by atoms with Gasteiger partial charge in [0, 0.05) is 17.5 Å². The predicted octanol–water partition coefficient (Wildman–Crippen LogP) is 5.65. The predicted molar refractivity (Wildman–Crippen MR) is 181 cm³/mol. The van der Waals surface area contributed by atoms with E-state index in [1.165, 1.54) is 6.07 Å². The maximum Gasteiger partial charge on any atom is 0.260 e. The first-order valence-corrected chi connectivity index (χ1v) is 16.7. The lowest BCUT2D eigenvalue weighted by molar-refractivity contribution is -0.173. The van der Waals surface area contributed by atoms with Crippen LogP contribution in [0.1, 0.15) is 41.0 Å². The van der Waals surface area contributed by atoms with Crippen LogP contribution in [0.4, 0.5) is 5.69 Å². The van der Waals surface area contributed by atoms with Crippen molar-refractivity contribution in [3.05, 3.63) is 137 Å². The third-order valence-corrected chi connectivity index (χ3v) is 10.9. The smallest absolute Gasteiger partial charge is 0.260 e. The SMILES string of the molecule is Cc1ccc(NN2C(=O)C3CC4C(=CCC5C(=O)N(O)C(=O)C54)C(c4ccc(OCc5ccccc5)cc4O)C3(c3ccccc3)C2=O)cc1. The average Bonchev–Trinajstić information content (AvgIpc) is 3.49. The third kappa shape index (κ3) is 4.74. The Bertz CT molecular complexity index is 2050. The molecule has 4 aromatic rings. The highest BCUT2D eigenvalue weighted by Crippen LogP contribution is 2.64. The molecule has 1 saturated carbocycles. The summed E-state index contributed by atoms with van der Waals surface area (Å²) in [6.45, 7) is 2.21. The van der Waals surface area contributed by atoms with Crippen LogP contribution in [0.5, 0.6) is 11.5 Å². The molecular formula is C40H35N3O7. The standard InChI is InChI=1S/C40H35N3O7/c1-23-12-14-26(15-13-23)41-42-37(46)32-21-31-28(18-19-30-34(31)38(47)43(49)36(30)45)35(40(32,39(42)48)25-10-6-3-7-11-25)29-17-16-27(20-33(29)44)50-22-24-8-4-2-5-9-24/h2-18,20,30-32,34-35,41,44,49H,19,21-22H2,1H3. The number of fused-ring (bicyclic) bond motifs is 4. The molecule has 252 valence electrons. The number of hydrogen-bond acceptors (Lipinski definition) is 8. The van der Waals surface area contributed by atoms with Gasteiger partial charge < -0.3 is 9.84 Å². The number of amides is 4. The largest absolute Gasteiger partial charge is 0.508 e. The number of phenols is 1. The summed E-state index contributed by atoms with van der Waals surface area (Å²) in [6.07, 6.45) is 2.12. The topological polar surface area (TPSA) is 136 Å². The number of aryl methyl sites for hydroxylation is 1. The first-order valence-electron chi connectivity index (χ1n) is 16.7. The van der Waals surface area contributed by atoms with E-state index in [4.69, 9.17) is 4.74 Å². The molecule has 0 radical (unpaired) electrons. The van der Waals surface area contributed by atoms with Crippen LogP contribution in [0.3, 0.4) is 0 Å². The van der Waals surface area contributed by atoms with Crippen molar-refractivity contribution < 1.29 is 34.2 Å². The molecular weight excluding hydrogens is 634 g/mol. The summed E-state index contributed by atoms with van der Waals surface area (Å²) < 4.78 is 6.01. The molecule has 8 rings (SSSR count). The number of phenolic OH excluding ortho intramolecular Hbond substituents is 1. The molecule has 3 fully saturated rings. The van der Waals surface area contributed by atoms with Gasteiger partial charge in [-0.1, -0.05) is 96.1 Å². The molecule has 10 heteroatoms. The van der Waals surface area contributed by atoms with Gasteiger partial charge in [0.05, 0.1) is 28.9 Å². The number of carbonyl (C=O) groups excluding carboxylic acids is 4. The first kappa shape index (κ1) is 31.5. The summed E-state index contributed by atoms with van der Waals surface area (Å²) in [5, 5.41) is 23.5. The van der Waals surface area contributed by atoms with E-state index in [1.807, 2.05) is 85.8 Å². The Balaban J connectivity index is 1.29. The van der Waals surface area contributed by atoms with Crippen LogP contribution in [-0.4, -0.2) is 44.0 Å². The van der Waals surface area contributed by atoms with Crippen molar-refractivity contribution in [3.63, 3.8) is 0 Å². The quantitative estimate of drug-likeness (QED) is 0.130. The second-order valence-electron chi connectivity index (χ2n) is 13.6. The van der Waals surface area contributed by atoms with E-state index in [2.05, 4.69) is 5.43 Å². The summed E-state index contributed by atoms with van der Waals surface area (Å²) in [5.41, 5.74) is 5.68. The second kappa shape index (κ2) is 12.0. The zero-order valence-corrected chi connectivity index (χ0v) is 27.2. The van der Waals surface area contributed by atoms with Crippen LogP contribution in [0.25, 0.3) is 0 Å². The van der Waals surface area contributed by atoms with Gasteiger partial charge in [0.1, 0.15) is 18.1 Å². The highest BCUT2D eigenvalue weighted by atomic mass is 16.5. The summed E-state index contributed by atoms with van der Waals surface area (Å²) in [6, 6.07) is 31.0. The van der Waals surface area contributed by atoms with Crippen LogP contribution in [0, 0.1) is 30.6 Å². The van der Waals surface area contributed by atoms with Gasteiger partial charge in [-0.15, -0.1) is 0 Å². The number of anilines is 1. The zero-order valence-electron chi connectivity index (χ0n) is 27.2. The molecule has 6 unspecified atom stereocenters. The molecule has 6 atom stereocenters. The monoisotopic (exact) mass is 669 g/mol. The minimum Gasteiger partial charge on any atom is -0.508 e. The summed E-state index contributed by atoms with van der Waals surface area (Å²) in [7, 11) is 0. The van der Waals surface area contributed by atoms with E-state index in [1.54, 1.807) is 24.3 Å². The highest BCUT2D eigenvalue weighted by Gasteiger charge is 2.70. The van der Waals surface area contributed by atoms with Crippen molar-refractivity contribution in [1.29, 1.82) is 0 Å². The molecule has 2 saturated heterocycles. The summed E-state index contributed by atoms with van der Waals surface area (Å²) in [5.74, 6) is -6.34. The lowest BCUT2D eigenvalue weighted by Crippen LogP contribution is -2.53. The normalized spacial score (nSPS) is 27.1. The van der Waals surface area contributed by atoms with Crippen LogP contribution >= 0.6 is 0 Å². The van der Waals surface area contributed by atoms with Crippen molar-refractivity contribution in [2.24, 2.45) is 23.7 Å². The van der Waals surface area contributed by atoms with Crippen molar-refractivity contribution in [2.45, 2.75) is 37.7 Å². The summed E-state index contributed by atoms with van der Waals surface area (Å²) in [4.78, 5) is 56.2. The number of aromatic hydroxyl groups is 1. The van der Waals surface area contributed by atoms with Crippen molar-refractivity contribution >= 4 is 29.3 Å². The Hall–Kier alpha value is -5.74. The van der Waals surface area contributed by atoms with Gasteiger partial charge in [-0.2, -0.15) is 10.1 Å². The van der Waals surface area contributed by atoms with Gasteiger partial charge >= 0.3 is 0 Å². The summed E-state index contributed by atoms with van der Waals surface area (Å²) >= 11 is 0. The molecule has 2 heterocycles. The van der Waals surface area contributed by atoms with E-state index < -0.39 is 58.6 Å². The van der Waals surface area contributed by atoms with E-state index in [-0.39, 0.29) is 30.3 Å². The van der Waals surface area contributed by atoms with Crippen LogP contribution in [0.15, 0.2) is 115 Å². The fourth-order valence-corrected chi connectivity index (χ4v) is 8.67. The Morgan fingerprint density at radius 1 is 0.840 bits per heavy atom. The van der Waals surface area contributed by atoms with E-state index in [9.17, 15) is 24.7 Å². The number of ether oxygens (including phenoxy) is 1. The Labute approximate surface area is 288 Å². The Kier molecular flexibility index (Phi) is 7.56. The zero-order chi connectivity index (χ0) is 34.7. The van der Waals surface area contributed by atoms with Gasteiger partial charge in [-0.05, 0) is 55.0 Å². The number of nitrogens with zero attached hydrogens (tertiary/aromatic N) is 2. The number of nitrogens with one attached hydrogen (secondary N) is 1. The molecule has 4 amide bonds. The molecule has 50 heavy (non-hydrogen) atoms. The minimum absolute atomic E-state index is 0.0843. The number of hydrazine groups is 1. The van der Waals surface area contributed by atoms with Gasteiger partial charge in [-0.3, -0.25) is 29.8 Å². The maximum atomic E-state index is 15.2. The highest BCUT2D eigenvalue weighted by molar-refractivity contribution is 6.13. The lowest BCUT2D eigenvalue weighted by Gasteiger charge is -2.50. The molecule has 0 spiro atoms. The van der Waals surface area contributed by atoms with Gasteiger partial charge in [0.15, 0.2) is 0 Å². The molecule has 2 aliphatic carbocycles. The number of hydroxylamine groups is 2. The molecule has 10 nitrogen and oxygen atoms in total. The van der Waals surface area contributed by atoms with Gasteiger partial charge in [-0.25, -0.2) is 0 Å². The molecule has 0 bridgehead atoms. The number of carbonyl (C=O) groups is 4. The van der Waals surface area contributed by atoms with Crippen LogP contribution < -0.4 is 10.2 Å². The van der Waals surface area contributed by atoms with Gasteiger partial charge in [0.2, 0.25) is 0 Å². The molecule has 4 aliphatic rings. The first-order chi connectivity index (χ1) is 24.2. The van der Waals surface area contributed by atoms with Crippen LogP contribution in [-0.2, 0) is 31.2 Å². The van der Waals surface area contributed by atoms with E-state index >= 15 is 4.79 Å². The molecule has 2 aliphatic heterocycles. The fourth-order valence-electron chi connectivity index (χ4n) is 8.67. The molecule has 4 aromatic carbocycles. The number of rotatable bonds is 7. The average molecular weight is 670 g/mol. The van der Waals surface area contributed by atoms with Crippen molar-refractivity contribution in [1.82, 2.24) is 10.1 Å². The Morgan fingerprint density at radius 3 is 2.24 bits per heavy atom. The lowest BCUT2D eigenvalue weighted by atomic mass is 9.49. The maximum absolute atomic E-state index is 15.2. The number of imide groups is 2. The van der Waals surface area contributed by atoms with Crippen molar-refractivity contribution in [3.8, 4) is 11.5 Å². The third-order valence-electron chi connectivity index (χ3n) is 10.9. The minimum atomic E-state index is -1.53. The van der Waals surface area contributed by atoms with E-state index in [0.29, 0.717) is 28.1 Å². The van der Waals surface area contributed by atoms with E-state index in [0.717, 1.165) is 16.1 Å². The molecule has 3 N–H and O–H groups in total. The number of benzene rings is 4. The van der Waals surface area contributed by atoms with Crippen molar-refractivity contribution in [2.75, 3.05) is 5.43 Å². The van der Waals surface area contributed by atoms with Gasteiger partial charge in [0.25, 0.3) is 23.6 Å². The second-order valence-corrected chi connectivity index (χ2v) is 13.6. The number of hydrogen-bond donors (Lipinski definition) is 3. The molecule has 0 aromatic heterocycles. The fraction of sp³-hybridized carbons (Fsp3) is 0.250. The Morgan fingerprint density at radius 2 is 1.54 bits per heavy atom.